The quantitative estimate of drug-likeness (QED) is 0.469. The fourth-order valence-corrected chi connectivity index (χ4v) is 5.34. The first-order chi connectivity index (χ1) is 15.9. The van der Waals surface area contributed by atoms with Crippen molar-refractivity contribution < 1.29 is 9.59 Å². The fourth-order valence-electron chi connectivity index (χ4n) is 5.34. The Labute approximate surface area is 195 Å². The molecule has 166 valence electrons. The van der Waals surface area contributed by atoms with Gasteiger partial charge >= 0.3 is 0 Å². The van der Waals surface area contributed by atoms with Gasteiger partial charge in [-0.25, -0.2) is 0 Å². The second kappa shape index (κ2) is 8.47. The highest BCUT2D eigenvalue weighted by molar-refractivity contribution is 6.08. The zero-order valence-corrected chi connectivity index (χ0v) is 19.5. The molecule has 1 aliphatic carbocycles. The van der Waals surface area contributed by atoms with Crippen LogP contribution in [0.5, 0.6) is 0 Å². The van der Waals surface area contributed by atoms with Crippen LogP contribution in [0.1, 0.15) is 58.9 Å². The van der Waals surface area contributed by atoms with Gasteiger partial charge in [0.15, 0.2) is 5.78 Å². The van der Waals surface area contributed by atoms with Gasteiger partial charge in [0, 0.05) is 30.0 Å². The van der Waals surface area contributed by atoms with Crippen molar-refractivity contribution >= 4 is 17.4 Å². The Kier molecular flexibility index (Phi) is 5.49. The van der Waals surface area contributed by atoms with Gasteiger partial charge in [-0.05, 0) is 61.4 Å². The molecule has 0 fully saturated rings. The van der Waals surface area contributed by atoms with Crippen LogP contribution >= 0.6 is 0 Å². The molecule has 0 bridgehead atoms. The first kappa shape index (κ1) is 21.4. The number of rotatable bonds is 3. The van der Waals surface area contributed by atoms with Crippen LogP contribution < -0.4 is 4.90 Å². The smallest absolute Gasteiger partial charge is 0.232 e. The van der Waals surface area contributed by atoms with Crippen molar-refractivity contribution in [1.82, 2.24) is 0 Å². The first-order valence-electron chi connectivity index (χ1n) is 11.7. The van der Waals surface area contributed by atoms with E-state index in [0.717, 1.165) is 39.2 Å². The monoisotopic (exact) mass is 435 g/mol. The highest BCUT2D eigenvalue weighted by atomic mass is 16.2. The van der Waals surface area contributed by atoms with Crippen molar-refractivity contribution in [2.45, 2.75) is 51.9 Å². The van der Waals surface area contributed by atoms with Crippen LogP contribution in [0.25, 0.3) is 0 Å². The fraction of sp³-hybridized carbons (Fsp3) is 0.267. The second-order valence-corrected chi connectivity index (χ2v) is 9.41. The Hall–Kier alpha value is -3.46. The summed E-state index contributed by atoms with van der Waals surface area (Å²) in [5.41, 5.74) is 8.21. The molecule has 2 unspecified atom stereocenters. The van der Waals surface area contributed by atoms with Crippen molar-refractivity contribution in [1.29, 1.82) is 0 Å². The van der Waals surface area contributed by atoms with Gasteiger partial charge in [-0.3, -0.25) is 14.5 Å². The number of allylic oxidation sites excluding steroid dienone is 2. The minimum Gasteiger partial charge on any atom is -0.294 e. The number of carbonyl (C=O) groups excluding carboxylic acids is 2. The molecule has 0 spiro atoms. The first-order valence-corrected chi connectivity index (χ1v) is 11.7. The van der Waals surface area contributed by atoms with Crippen LogP contribution in [0.3, 0.4) is 0 Å². The second-order valence-electron chi connectivity index (χ2n) is 9.41. The molecule has 0 saturated heterocycles. The van der Waals surface area contributed by atoms with E-state index in [1.54, 1.807) is 0 Å². The van der Waals surface area contributed by atoms with Crippen LogP contribution in [0.2, 0.25) is 0 Å². The van der Waals surface area contributed by atoms with Gasteiger partial charge in [-0.15, -0.1) is 0 Å². The number of hydrogen-bond donors (Lipinski definition) is 0. The number of ketones is 1. The highest BCUT2D eigenvalue weighted by Gasteiger charge is 2.42. The lowest BCUT2D eigenvalue weighted by Gasteiger charge is -2.41. The highest BCUT2D eigenvalue weighted by Crippen LogP contribution is 2.47. The lowest BCUT2D eigenvalue weighted by Crippen LogP contribution is -2.42. The van der Waals surface area contributed by atoms with E-state index < -0.39 is 0 Å². The molecule has 0 aromatic heterocycles. The Balaban J connectivity index is 1.68. The topological polar surface area (TPSA) is 37.4 Å². The largest absolute Gasteiger partial charge is 0.294 e. The lowest BCUT2D eigenvalue weighted by molar-refractivity contribution is -0.120. The van der Waals surface area contributed by atoms with Crippen molar-refractivity contribution in [3.63, 3.8) is 0 Å². The predicted octanol–water partition coefficient (Wildman–Crippen LogP) is 6.53. The summed E-state index contributed by atoms with van der Waals surface area (Å²) in [4.78, 5) is 29.3. The Bertz CT molecular complexity index is 1250. The van der Waals surface area contributed by atoms with Crippen molar-refractivity contribution in [2.24, 2.45) is 0 Å². The van der Waals surface area contributed by atoms with Gasteiger partial charge in [0.05, 0.1) is 5.69 Å². The minimum atomic E-state index is -0.182. The maximum absolute atomic E-state index is 13.7. The summed E-state index contributed by atoms with van der Waals surface area (Å²) in [6, 6.07) is 24.6. The van der Waals surface area contributed by atoms with E-state index in [2.05, 4.69) is 63.2 Å². The number of benzene rings is 3. The van der Waals surface area contributed by atoms with E-state index in [-0.39, 0.29) is 23.5 Å². The standard InChI is InChI=1S/C30H29NO2/c1-19-12-14-23(15-13-19)25-18-29(33)31(26-11-7-8-20(2)21(26)3)27-16-24(17-28(32)30(25)27)22-9-5-4-6-10-22/h4-15,24-25H,16-18H2,1-3H3. The summed E-state index contributed by atoms with van der Waals surface area (Å²) in [6.45, 7) is 6.18. The van der Waals surface area contributed by atoms with Crippen molar-refractivity contribution in [2.75, 3.05) is 4.90 Å². The number of anilines is 1. The van der Waals surface area contributed by atoms with Gasteiger partial charge in [0.2, 0.25) is 5.91 Å². The molecule has 2 aliphatic rings. The van der Waals surface area contributed by atoms with Crippen LogP contribution in [0.4, 0.5) is 5.69 Å². The van der Waals surface area contributed by atoms with Gasteiger partial charge < -0.3 is 0 Å². The SMILES string of the molecule is Cc1ccc(C2CC(=O)N(c3cccc(C)c3C)C3=C2C(=O)CC(c2ccccc2)C3)cc1. The van der Waals surface area contributed by atoms with E-state index in [9.17, 15) is 9.59 Å². The van der Waals surface area contributed by atoms with Gasteiger partial charge in [0.1, 0.15) is 0 Å². The van der Waals surface area contributed by atoms with Crippen LogP contribution in [0.15, 0.2) is 84.1 Å². The average Bonchev–Trinajstić information content (AvgIpc) is 2.82. The molecule has 3 aromatic carbocycles. The van der Waals surface area contributed by atoms with Gasteiger partial charge in [0.25, 0.3) is 0 Å². The third-order valence-electron chi connectivity index (χ3n) is 7.30. The third kappa shape index (κ3) is 3.82. The summed E-state index contributed by atoms with van der Waals surface area (Å²) >= 11 is 0. The molecule has 1 amide bonds. The number of nitrogens with zero attached hydrogens (tertiary/aromatic N) is 1. The Morgan fingerprint density at radius 3 is 2.18 bits per heavy atom. The minimum absolute atomic E-state index is 0.0644. The summed E-state index contributed by atoms with van der Waals surface area (Å²) in [7, 11) is 0. The van der Waals surface area contributed by atoms with Crippen molar-refractivity contribution in [3.05, 3.63) is 112 Å². The molecule has 1 heterocycles. The Morgan fingerprint density at radius 2 is 1.45 bits per heavy atom. The number of carbonyl (C=O) groups is 2. The van der Waals surface area contributed by atoms with Crippen LogP contribution in [0, 0.1) is 20.8 Å². The summed E-state index contributed by atoms with van der Waals surface area (Å²) in [6.07, 6.45) is 1.49. The zero-order chi connectivity index (χ0) is 23.1. The molecule has 5 rings (SSSR count). The number of amides is 1. The zero-order valence-electron chi connectivity index (χ0n) is 19.5. The van der Waals surface area contributed by atoms with Crippen LogP contribution in [-0.2, 0) is 9.59 Å². The van der Waals surface area contributed by atoms with E-state index in [0.29, 0.717) is 19.3 Å². The molecular weight excluding hydrogens is 406 g/mol. The Morgan fingerprint density at radius 1 is 0.727 bits per heavy atom. The molecule has 0 N–H and O–H groups in total. The number of hydrogen-bond acceptors (Lipinski definition) is 2. The predicted molar refractivity (Wildman–Crippen MR) is 132 cm³/mol. The average molecular weight is 436 g/mol. The van der Waals surface area contributed by atoms with Gasteiger partial charge in [-0.1, -0.05) is 72.3 Å². The van der Waals surface area contributed by atoms with Crippen LogP contribution in [-0.4, -0.2) is 11.7 Å². The maximum atomic E-state index is 13.7. The summed E-state index contributed by atoms with van der Waals surface area (Å²) in [5, 5.41) is 0. The van der Waals surface area contributed by atoms with E-state index in [1.807, 2.05) is 35.2 Å². The molecule has 0 saturated carbocycles. The van der Waals surface area contributed by atoms with E-state index in [4.69, 9.17) is 0 Å². The summed E-state index contributed by atoms with van der Waals surface area (Å²) in [5.74, 6) is 0.126. The van der Waals surface area contributed by atoms with E-state index in [1.165, 1.54) is 5.56 Å². The lowest BCUT2D eigenvalue weighted by atomic mass is 9.72. The number of aryl methyl sites for hydroxylation is 2. The normalized spacial score (nSPS) is 20.8. The molecule has 2 atom stereocenters. The molecule has 0 radical (unpaired) electrons. The molecule has 33 heavy (non-hydrogen) atoms. The summed E-state index contributed by atoms with van der Waals surface area (Å²) < 4.78 is 0. The van der Waals surface area contributed by atoms with Gasteiger partial charge in [-0.2, -0.15) is 0 Å². The third-order valence-corrected chi connectivity index (χ3v) is 7.30. The molecule has 3 nitrogen and oxygen atoms in total. The molecule has 3 heteroatoms. The number of Topliss-reactive ketones (excluding diaryl/α,β-unsaturated/α-hetero) is 1. The molecular formula is C30H29NO2. The van der Waals surface area contributed by atoms with E-state index >= 15 is 0 Å². The molecule has 3 aromatic rings. The van der Waals surface area contributed by atoms with Crippen molar-refractivity contribution in [3.8, 4) is 0 Å². The molecule has 1 aliphatic heterocycles. The maximum Gasteiger partial charge on any atom is 0.232 e.